The molecule has 0 aliphatic heterocycles. The van der Waals surface area contributed by atoms with Crippen molar-refractivity contribution in [1.29, 1.82) is 0 Å². The van der Waals surface area contributed by atoms with Crippen molar-refractivity contribution in [2.75, 3.05) is 0 Å². The van der Waals surface area contributed by atoms with Gasteiger partial charge in [0.2, 0.25) is 0 Å². The van der Waals surface area contributed by atoms with Gasteiger partial charge in [-0.05, 0) is 36.1 Å². The van der Waals surface area contributed by atoms with Crippen LogP contribution in [0.15, 0.2) is 48.5 Å². The molecule has 0 bridgehead atoms. The molecule has 90 valence electrons. The normalized spacial score (nSPS) is 17.8. The molecular formula is C16H13ClO. The van der Waals surface area contributed by atoms with Crippen LogP contribution in [0.25, 0.3) is 0 Å². The largest absolute Gasteiger partial charge is 0.294 e. The third kappa shape index (κ3) is 2.06. The number of halogens is 1. The summed E-state index contributed by atoms with van der Waals surface area (Å²) in [4.78, 5) is 12.3. The minimum absolute atomic E-state index is 0.0702. The molecule has 0 spiro atoms. The van der Waals surface area contributed by atoms with Crippen molar-refractivity contribution in [3.05, 3.63) is 70.2 Å². The van der Waals surface area contributed by atoms with E-state index in [1.807, 2.05) is 48.5 Å². The maximum absolute atomic E-state index is 12.3. The zero-order valence-corrected chi connectivity index (χ0v) is 10.7. The molecule has 1 aliphatic carbocycles. The Morgan fingerprint density at radius 3 is 2.72 bits per heavy atom. The van der Waals surface area contributed by atoms with E-state index in [9.17, 15) is 4.79 Å². The number of carbonyl (C=O) groups is 1. The van der Waals surface area contributed by atoms with Crippen LogP contribution in [-0.4, -0.2) is 5.78 Å². The highest BCUT2D eigenvalue weighted by Gasteiger charge is 2.29. The van der Waals surface area contributed by atoms with Gasteiger partial charge < -0.3 is 0 Å². The molecule has 1 atom stereocenters. The lowest BCUT2D eigenvalue weighted by atomic mass is 9.96. The molecule has 1 aliphatic rings. The number of hydrogen-bond donors (Lipinski definition) is 0. The monoisotopic (exact) mass is 256 g/mol. The van der Waals surface area contributed by atoms with Gasteiger partial charge in [-0.15, -0.1) is 0 Å². The van der Waals surface area contributed by atoms with E-state index in [0.717, 1.165) is 29.0 Å². The number of fused-ring (bicyclic) bond motifs is 1. The van der Waals surface area contributed by atoms with E-state index in [1.165, 1.54) is 5.56 Å². The van der Waals surface area contributed by atoms with E-state index in [0.29, 0.717) is 0 Å². The molecule has 0 aromatic heterocycles. The summed E-state index contributed by atoms with van der Waals surface area (Å²) < 4.78 is 0. The highest BCUT2D eigenvalue weighted by Crippen LogP contribution is 2.29. The summed E-state index contributed by atoms with van der Waals surface area (Å²) in [7, 11) is 0. The third-order valence-corrected chi connectivity index (χ3v) is 3.73. The van der Waals surface area contributed by atoms with Gasteiger partial charge in [-0.1, -0.05) is 48.0 Å². The average molecular weight is 257 g/mol. The summed E-state index contributed by atoms with van der Waals surface area (Å²) in [6.45, 7) is 0. The molecule has 2 aromatic rings. The molecule has 18 heavy (non-hydrogen) atoms. The zero-order chi connectivity index (χ0) is 12.5. The first-order valence-electron chi connectivity index (χ1n) is 6.10. The van der Waals surface area contributed by atoms with Crippen LogP contribution in [0.3, 0.4) is 0 Å². The lowest BCUT2D eigenvalue weighted by Gasteiger charge is -2.08. The molecular weight excluding hydrogens is 244 g/mol. The van der Waals surface area contributed by atoms with E-state index in [-0.39, 0.29) is 11.7 Å². The van der Waals surface area contributed by atoms with Crippen molar-refractivity contribution in [2.45, 2.75) is 12.8 Å². The van der Waals surface area contributed by atoms with Crippen molar-refractivity contribution in [3.63, 3.8) is 0 Å². The van der Waals surface area contributed by atoms with Gasteiger partial charge in [-0.3, -0.25) is 4.79 Å². The van der Waals surface area contributed by atoms with Gasteiger partial charge in [0, 0.05) is 16.5 Å². The van der Waals surface area contributed by atoms with Crippen LogP contribution in [0.2, 0.25) is 5.02 Å². The molecule has 0 saturated heterocycles. The second-order valence-corrected chi connectivity index (χ2v) is 5.19. The van der Waals surface area contributed by atoms with Crippen LogP contribution in [0.1, 0.15) is 21.5 Å². The number of carbonyl (C=O) groups excluding carboxylic acids is 1. The van der Waals surface area contributed by atoms with Gasteiger partial charge in [-0.2, -0.15) is 0 Å². The molecule has 2 aromatic carbocycles. The Morgan fingerprint density at radius 2 is 1.94 bits per heavy atom. The maximum atomic E-state index is 12.3. The summed E-state index contributed by atoms with van der Waals surface area (Å²) in [5.41, 5.74) is 3.20. The first-order valence-corrected chi connectivity index (χ1v) is 6.48. The second-order valence-electron chi connectivity index (χ2n) is 4.76. The van der Waals surface area contributed by atoms with Crippen molar-refractivity contribution in [1.82, 2.24) is 0 Å². The van der Waals surface area contributed by atoms with Crippen LogP contribution < -0.4 is 0 Å². The number of rotatable bonds is 2. The van der Waals surface area contributed by atoms with Crippen LogP contribution >= 0.6 is 11.6 Å². The first-order chi connectivity index (χ1) is 8.74. The summed E-state index contributed by atoms with van der Waals surface area (Å²) >= 11 is 5.97. The van der Waals surface area contributed by atoms with Crippen LogP contribution in [-0.2, 0) is 12.8 Å². The Morgan fingerprint density at radius 1 is 1.11 bits per heavy atom. The molecule has 1 nitrogen and oxygen atoms in total. The molecule has 0 N–H and O–H groups in total. The predicted octanol–water partition coefficient (Wildman–Crippen LogP) is 3.94. The lowest BCUT2D eigenvalue weighted by Crippen LogP contribution is -2.12. The fourth-order valence-corrected chi connectivity index (χ4v) is 2.84. The van der Waals surface area contributed by atoms with Crippen molar-refractivity contribution in [3.8, 4) is 0 Å². The molecule has 3 rings (SSSR count). The fourth-order valence-electron chi connectivity index (χ4n) is 2.63. The minimum Gasteiger partial charge on any atom is -0.294 e. The van der Waals surface area contributed by atoms with Crippen molar-refractivity contribution in [2.24, 2.45) is 5.92 Å². The highest BCUT2D eigenvalue weighted by atomic mass is 35.5. The number of ketones is 1. The summed E-state index contributed by atoms with van der Waals surface area (Å²) in [6.07, 6.45) is 1.62. The van der Waals surface area contributed by atoms with Crippen LogP contribution in [0, 0.1) is 5.92 Å². The zero-order valence-electron chi connectivity index (χ0n) is 9.90. The SMILES string of the molecule is O=C1c2ccccc2CC1Cc1cccc(Cl)c1. The fraction of sp³-hybridized carbons (Fsp3) is 0.188. The average Bonchev–Trinajstić information content (AvgIpc) is 2.67. The molecule has 1 unspecified atom stereocenters. The number of hydrogen-bond acceptors (Lipinski definition) is 1. The topological polar surface area (TPSA) is 17.1 Å². The molecule has 2 heteroatoms. The predicted molar refractivity (Wildman–Crippen MR) is 73.1 cm³/mol. The van der Waals surface area contributed by atoms with Gasteiger partial charge in [0.05, 0.1) is 0 Å². The third-order valence-electron chi connectivity index (χ3n) is 3.49. The van der Waals surface area contributed by atoms with Crippen molar-refractivity contribution < 1.29 is 4.79 Å². The number of Topliss-reactive ketones (excluding diaryl/α,β-unsaturated/α-hetero) is 1. The van der Waals surface area contributed by atoms with Gasteiger partial charge in [-0.25, -0.2) is 0 Å². The van der Waals surface area contributed by atoms with Crippen molar-refractivity contribution >= 4 is 17.4 Å². The lowest BCUT2D eigenvalue weighted by molar-refractivity contribution is 0.0936. The maximum Gasteiger partial charge on any atom is 0.166 e. The van der Waals surface area contributed by atoms with E-state index < -0.39 is 0 Å². The quantitative estimate of drug-likeness (QED) is 0.796. The number of benzene rings is 2. The van der Waals surface area contributed by atoms with Gasteiger partial charge in [0.15, 0.2) is 5.78 Å². The molecule has 0 amide bonds. The molecule has 0 heterocycles. The Hall–Kier alpha value is -1.60. The van der Waals surface area contributed by atoms with Crippen LogP contribution in [0.5, 0.6) is 0 Å². The Balaban J connectivity index is 1.83. The Labute approximate surface area is 111 Å². The Kier molecular flexibility index (Phi) is 2.92. The van der Waals surface area contributed by atoms with E-state index in [1.54, 1.807) is 0 Å². The molecule has 0 radical (unpaired) electrons. The highest BCUT2D eigenvalue weighted by molar-refractivity contribution is 6.30. The van der Waals surface area contributed by atoms with Gasteiger partial charge in [0.25, 0.3) is 0 Å². The van der Waals surface area contributed by atoms with Gasteiger partial charge in [0.1, 0.15) is 0 Å². The smallest absolute Gasteiger partial charge is 0.166 e. The minimum atomic E-state index is 0.0702. The molecule has 0 fully saturated rings. The van der Waals surface area contributed by atoms with E-state index in [4.69, 9.17) is 11.6 Å². The standard InChI is InChI=1S/C16H13ClO/c17-14-6-3-4-11(9-14)8-13-10-12-5-1-2-7-15(12)16(13)18/h1-7,9,13H,8,10H2. The van der Waals surface area contributed by atoms with E-state index >= 15 is 0 Å². The first kappa shape index (κ1) is 11.5. The summed E-state index contributed by atoms with van der Waals surface area (Å²) in [6, 6.07) is 15.7. The van der Waals surface area contributed by atoms with E-state index in [2.05, 4.69) is 0 Å². The molecule has 0 saturated carbocycles. The van der Waals surface area contributed by atoms with Gasteiger partial charge >= 0.3 is 0 Å². The summed E-state index contributed by atoms with van der Waals surface area (Å²) in [5, 5.41) is 0.732. The second kappa shape index (κ2) is 4.58. The Bertz CT molecular complexity index is 604. The summed E-state index contributed by atoms with van der Waals surface area (Å²) in [5.74, 6) is 0.339. The van der Waals surface area contributed by atoms with Crippen LogP contribution in [0.4, 0.5) is 0 Å².